The van der Waals surface area contributed by atoms with Crippen molar-refractivity contribution >= 4 is 39.8 Å². The second kappa shape index (κ2) is 8.47. The molecule has 2 aromatic heterocycles. The Hall–Kier alpha value is -4.65. The molecule has 162 valence electrons. The zero-order valence-electron chi connectivity index (χ0n) is 17.6. The number of hydrazone groups is 1. The standard InChI is InChI=1S/C26H18N2O5/c1-31-26(30)20-9-5-4-8-19(20)22-13-11-17(32-22)15-27-28-25(29)24-14-21-18-7-3-2-6-16(18)10-12-23(21)33-24/h2-15H,1H3,(H,28,29). The van der Waals surface area contributed by atoms with Gasteiger partial charge in [0.05, 0.1) is 18.9 Å². The number of nitrogens with zero attached hydrogens (tertiary/aromatic N) is 1. The smallest absolute Gasteiger partial charge is 0.338 e. The maximum Gasteiger partial charge on any atom is 0.338 e. The maximum absolute atomic E-state index is 12.5. The fourth-order valence-corrected chi connectivity index (χ4v) is 3.67. The molecule has 0 saturated carbocycles. The molecule has 0 unspecified atom stereocenters. The second-order valence-corrected chi connectivity index (χ2v) is 7.25. The number of benzene rings is 3. The average Bonchev–Trinajstić information content (AvgIpc) is 3.51. The van der Waals surface area contributed by atoms with E-state index >= 15 is 0 Å². The van der Waals surface area contributed by atoms with Crippen LogP contribution in [0.3, 0.4) is 0 Å². The van der Waals surface area contributed by atoms with Gasteiger partial charge in [0.15, 0.2) is 5.76 Å². The number of ether oxygens (including phenoxy) is 1. The third kappa shape index (κ3) is 3.87. The summed E-state index contributed by atoms with van der Waals surface area (Å²) in [7, 11) is 1.33. The first kappa shape index (κ1) is 20.3. The van der Waals surface area contributed by atoms with Gasteiger partial charge in [0.1, 0.15) is 17.1 Å². The Morgan fingerprint density at radius 3 is 2.61 bits per heavy atom. The van der Waals surface area contributed by atoms with Crippen LogP contribution in [0.25, 0.3) is 33.1 Å². The van der Waals surface area contributed by atoms with Crippen molar-refractivity contribution in [3.05, 3.63) is 95.9 Å². The molecule has 0 aliphatic heterocycles. The summed E-state index contributed by atoms with van der Waals surface area (Å²) in [5.41, 5.74) is 4.07. The fourth-order valence-electron chi connectivity index (χ4n) is 3.67. The van der Waals surface area contributed by atoms with Crippen LogP contribution in [0, 0.1) is 0 Å². The van der Waals surface area contributed by atoms with Gasteiger partial charge < -0.3 is 13.6 Å². The molecular formula is C26H18N2O5. The first-order valence-electron chi connectivity index (χ1n) is 10.2. The SMILES string of the molecule is COC(=O)c1ccccc1-c1ccc(C=NNC(=O)c2cc3c(ccc4ccccc43)o2)o1. The molecule has 1 amide bonds. The highest BCUT2D eigenvalue weighted by Crippen LogP contribution is 2.28. The van der Waals surface area contributed by atoms with Crippen molar-refractivity contribution in [1.29, 1.82) is 0 Å². The van der Waals surface area contributed by atoms with E-state index in [0.717, 1.165) is 16.2 Å². The minimum Gasteiger partial charge on any atom is -0.465 e. The van der Waals surface area contributed by atoms with Crippen molar-refractivity contribution in [2.24, 2.45) is 5.10 Å². The molecule has 5 rings (SSSR count). The molecule has 0 bridgehead atoms. The number of amides is 1. The van der Waals surface area contributed by atoms with E-state index in [1.54, 1.807) is 42.5 Å². The molecule has 1 N–H and O–H groups in total. The summed E-state index contributed by atoms with van der Waals surface area (Å²) in [4.78, 5) is 24.5. The number of furan rings is 2. The van der Waals surface area contributed by atoms with E-state index in [9.17, 15) is 9.59 Å². The van der Waals surface area contributed by atoms with Gasteiger partial charge in [-0.3, -0.25) is 4.79 Å². The number of hydrogen-bond acceptors (Lipinski definition) is 6. The largest absolute Gasteiger partial charge is 0.465 e. The van der Waals surface area contributed by atoms with Crippen LogP contribution in [0.1, 0.15) is 26.7 Å². The highest BCUT2D eigenvalue weighted by atomic mass is 16.5. The number of carbonyl (C=O) groups excluding carboxylic acids is 2. The van der Waals surface area contributed by atoms with Crippen LogP contribution in [0.4, 0.5) is 0 Å². The summed E-state index contributed by atoms with van der Waals surface area (Å²) in [5.74, 6) is 0.108. The summed E-state index contributed by atoms with van der Waals surface area (Å²) < 4.78 is 16.3. The summed E-state index contributed by atoms with van der Waals surface area (Å²) in [6.45, 7) is 0. The second-order valence-electron chi connectivity index (χ2n) is 7.25. The molecule has 0 saturated heterocycles. The normalized spacial score (nSPS) is 11.3. The van der Waals surface area contributed by atoms with Crippen LogP contribution in [0.5, 0.6) is 0 Å². The molecule has 5 aromatic rings. The van der Waals surface area contributed by atoms with Crippen molar-refractivity contribution in [1.82, 2.24) is 5.43 Å². The van der Waals surface area contributed by atoms with Crippen LogP contribution in [0.15, 0.2) is 92.8 Å². The summed E-state index contributed by atoms with van der Waals surface area (Å²) in [5, 5.41) is 6.90. The van der Waals surface area contributed by atoms with E-state index in [0.29, 0.717) is 28.2 Å². The van der Waals surface area contributed by atoms with Gasteiger partial charge in [0.25, 0.3) is 0 Å². The Kier molecular flexibility index (Phi) is 5.20. The van der Waals surface area contributed by atoms with Crippen molar-refractivity contribution in [2.45, 2.75) is 0 Å². The highest BCUT2D eigenvalue weighted by molar-refractivity contribution is 6.08. The molecule has 0 aliphatic carbocycles. The summed E-state index contributed by atoms with van der Waals surface area (Å²) in [6.07, 6.45) is 1.38. The zero-order chi connectivity index (χ0) is 22.8. The molecule has 2 heterocycles. The number of carbonyl (C=O) groups is 2. The lowest BCUT2D eigenvalue weighted by atomic mass is 10.1. The number of hydrogen-bond donors (Lipinski definition) is 1. The molecule has 33 heavy (non-hydrogen) atoms. The third-order valence-electron chi connectivity index (χ3n) is 5.23. The highest BCUT2D eigenvalue weighted by Gasteiger charge is 2.16. The molecule has 0 spiro atoms. The minimum absolute atomic E-state index is 0.158. The number of nitrogens with one attached hydrogen (secondary N) is 1. The average molecular weight is 438 g/mol. The quantitative estimate of drug-likeness (QED) is 0.225. The van der Waals surface area contributed by atoms with E-state index in [1.807, 2.05) is 36.4 Å². The molecular weight excluding hydrogens is 420 g/mol. The van der Waals surface area contributed by atoms with Gasteiger partial charge in [0.2, 0.25) is 0 Å². The summed E-state index contributed by atoms with van der Waals surface area (Å²) in [6, 6.07) is 23.8. The van der Waals surface area contributed by atoms with Crippen LogP contribution >= 0.6 is 0 Å². The van der Waals surface area contributed by atoms with Crippen LogP contribution < -0.4 is 5.43 Å². The molecule has 7 nitrogen and oxygen atoms in total. The molecule has 3 aromatic carbocycles. The van der Waals surface area contributed by atoms with Gasteiger partial charge in [0, 0.05) is 10.9 Å². The van der Waals surface area contributed by atoms with Gasteiger partial charge in [-0.05, 0) is 41.1 Å². The molecule has 7 heteroatoms. The third-order valence-corrected chi connectivity index (χ3v) is 5.23. The minimum atomic E-state index is -0.477. The van der Waals surface area contributed by atoms with E-state index in [4.69, 9.17) is 13.6 Å². The molecule has 0 radical (unpaired) electrons. The first-order valence-corrected chi connectivity index (χ1v) is 10.2. The van der Waals surface area contributed by atoms with E-state index < -0.39 is 11.9 Å². The predicted octanol–water partition coefficient (Wildman–Crippen LogP) is 5.40. The van der Waals surface area contributed by atoms with Crippen LogP contribution in [-0.4, -0.2) is 25.2 Å². The van der Waals surface area contributed by atoms with Crippen LogP contribution in [-0.2, 0) is 4.74 Å². The topological polar surface area (TPSA) is 94.0 Å². The van der Waals surface area contributed by atoms with Crippen LogP contribution in [0.2, 0.25) is 0 Å². The lowest BCUT2D eigenvalue weighted by Crippen LogP contribution is -2.16. The van der Waals surface area contributed by atoms with Crippen molar-refractivity contribution in [2.75, 3.05) is 7.11 Å². The lowest BCUT2D eigenvalue weighted by molar-refractivity contribution is 0.0601. The Balaban J connectivity index is 1.33. The molecule has 0 fully saturated rings. The fraction of sp³-hybridized carbons (Fsp3) is 0.0385. The van der Waals surface area contributed by atoms with Gasteiger partial charge >= 0.3 is 11.9 Å². The first-order chi connectivity index (χ1) is 16.1. The Morgan fingerprint density at radius 1 is 0.909 bits per heavy atom. The zero-order valence-corrected chi connectivity index (χ0v) is 17.6. The Bertz CT molecular complexity index is 1530. The number of rotatable bonds is 5. The Morgan fingerprint density at radius 2 is 1.73 bits per heavy atom. The van der Waals surface area contributed by atoms with E-state index in [-0.39, 0.29) is 5.76 Å². The number of esters is 1. The van der Waals surface area contributed by atoms with Gasteiger partial charge in [-0.15, -0.1) is 0 Å². The van der Waals surface area contributed by atoms with E-state index in [2.05, 4.69) is 10.5 Å². The summed E-state index contributed by atoms with van der Waals surface area (Å²) >= 11 is 0. The number of methoxy groups -OCH3 is 1. The monoisotopic (exact) mass is 438 g/mol. The predicted molar refractivity (Wildman–Crippen MR) is 124 cm³/mol. The van der Waals surface area contributed by atoms with Gasteiger partial charge in [-0.1, -0.05) is 48.5 Å². The molecule has 0 aliphatic rings. The molecule has 0 atom stereocenters. The van der Waals surface area contributed by atoms with E-state index in [1.165, 1.54) is 13.3 Å². The Labute approximate surface area is 188 Å². The lowest BCUT2D eigenvalue weighted by Gasteiger charge is -2.04. The van der Waals surface area contributed by atoms with Crippen molar-refractivity contribution in [3.63, 3.8) is 0 Å². The van der Waals surface area contributed by atoms with Gasteiger partial charge in [-0.2, -0.15) is 5.10 Å². The van der Waals surface area contributed by atoms with Crippen molar-refractivity contribution < 1.29 is 23.2 Å². The maximum atomic E-state index is 12.5. The van der Waals surface area contributed by atoms with Gasteiger partial charge in [-0.25, -0.2) is 10.2 Å². The number of fused-ring (bicyclic) bond motifs is 3. The van der Waals surface area contributed by atoms with Crippen molar-refractivity contribution in [3.8, 4) is 11.3 Å².